The topological polar surface area (TPSA) is 50.1 Å². The van der Waals surface area contributed by atoms with Crippen LogP contribution >= 0.6 is 0 Å². The molecule has 0 bridgehead atoms. The van der Waals surface area contributed by atoms with Crippen molar-refractivity contribution in [3.8, 4) is 34.1 Å². The molecular weight excluding hydrogens is 566 g/mol. The van der Waals surface area contributed by atoms with Crippen LogP contribution in [0.15, 0.2) is 96.6 Å². The van der Waals surface area contributed by atoms with Crippen LogP contribution in [0.5, 0.6) is 5.75 Å². The lowest BCUT2D eigenvalue weighted by Gasteiger charge is -2.13. The molecule has 0 heterocycles. The zero-order chi connectivity index (χ0) is 31.5. The van der Waals surface area contributed by atoms with E-state index in [4.69, 9.17) is 14.8 Å². The molecule has 0 N–H and O–H groups in total. The summed E-state index contributed by atoms with van der Waals surface area (Å²) in [6.07, 6.45) is 8.16. The average Bonchev–Trinajstić information content (AvgIpc) is 3.05. The summed E-state index contributed by atoms with van der Waals surface area (Å²) < 4.78 is 62.0. The summed E-state index contributed by atoms with van der Waals surface area (Å²) in [5, 5.41) is 9.00. The third-order valence-corrected chi connectivity index (χ3v) is 7.44. The molecule has 5 rings (SSSR count). The Balaban J connectivity index is 0.00000216. The van der Waals surface area contributed by atoms with Crippen molar-refractivity contribution in [1.29, 1.82) is 5.26 Å². The van der Waals surface area contributed by atoms with Gasteiger partial charge in [-0.2, -0.15) is 5.26 Å². The zero-order valence-corrected chi connectivity index (χ0v) is 24.1. The Hall–Kier alpha value is -4.96. The van der Waals surface area contributed by atoms with Crippen molar-refractivity contribution in [3.05, 3.63) is 131 Å². The first-order valence-electron chi connectivity index (χ1n) is 14.3. The lowest BCUT2D eigenvalue weighted by Crippen LogP contribution is -1.98. The summed E-state index contributed by atoms with van der Waals surface area (Å²) in [4.78, 5) is 8.00. The quantitative estimate of drug-likeness (QED) is 0.135. The minimum Gasteiger partial charge on any atom is -0.494 e. The van der Waals surface area contributed by atoms with Crippen LogP contribution in [-0.2, 0) is 11.2 Å². The van der Waals surface area contributed by atoms with E-state index in [9.17, 15) is 17.6 Å². The summed E-state index contributed by atoms with van der Waals surface area (Å²) in [5.41, 5.74) is 5.23. The highest BCUT2D eigenvalue weighted by Gasteiger charge is 2.13. The molecule has 7 heteroatoms. The van der Waals surface area contributed by atoms with Crippen LogP contribution in [0.25, 0.3) is 27.8 Å². The highest BCUT2D eigenvalue weighted by molar-refractivity contribution is 5.73. The molecular formula is C37H31F4NO2. The van der Waals surface area contributed by atoms with Gasteiger partial charge in [0.1, 0.15) is 24.2 Å². The molecule has 3 nitrogen and oxygen atoms in total. The normalized spacial score (nSPS) is 12.3. The van der Waals surface area contributed by atoms with Gasteiger partial charge < -0.3 is 9.53 Å². The van der Waals surface area contributed by atoms with E-state index in [1.54, 1.807) is 18.2 Å². The summed E-state index contributed by atoms with van der Waals surface area (Å²) in [7, 11) is 0. The lowest BCUT2D eigenvalue weighted by molar-refractivity contribution is -0.0980. The third kappa shape index (κ3) is 8.11. The Morgan fingerprint density at radius 3 is 2.00 bits per heavy atom. The average molecular weight is 598 g/mol. The second-order valence-electron chi connectivity index (χ2n) is 10.3. The monoisotopic (exact) mass is 597 g/mol. The Labute approximate surface area is 254 Å². The lowest BCUT2D eigenvalue weighted by atomic mass is 9.92. The van der Waals surface area contributed by atoms with Gasteiger partial charge in [0, 0.05) is 16.7 Å². The van der Waals surface area contributed by atoms with Crippen molar-refractivity contribution in [2.45, 2.75) is 38.5 Å². The Morgan fingerprint density at radius 1 is 0.659 bits per heavy atom. The van der Waals surface area contributed by atoms with Crippen molar-refractivity contribution in [3.63, 3.8) is 0 Å². The van der Waals surface area contributed by atoms with Gasteiger partial charge in [-0.05, 0) is 109 Å². The van der Waals surface area contributed by atoms with Gasteiger partial charge in [-0.3, -0.25) is 0 Å². The number of rotatable bonds is 10. The maximum Gasteiger partial charge on any atom is 0.159 e. The number of carbonyl (C=O) groups is 1. The second kappa shape index (κ2) is 15.5. The molecule has 0 aliphatic heterocycles. The van der Waals surface area contributed by atoms with Gasteiger partial charge in [0.15, 0.2) is 11.6 Å². The number of nitrogens with zero attached hydrogens (tertiary/aromatic N) is 1. The van der Waals surface area contributed by atoms with Crippen LogP contribution < -0.4 is 4.74 Å². The van der Waals surface area contributed by atoms with Gasteiger partial charge in [0.05, 0.1) is 12.7 Å². The highest BCUT2D eigenvalue weighted by atomic mass is 19.2. The molecule has 0 radical (unpaired) electrons. The van der Waals surface area contributed by atoms with Crippen LogP contribution in [0.4, 0.5) is 17.6 Å². The number of carbonyl (C=O) groups excluding carboxylic acids is 1. The van der Waals surface area contributed by atoms with E-state index in [1.807, 2.05) is 49.3 Å². The van der Waals surface area contributed by atoms with Gasteiger partial charge in [-0.15, -0.1) is 0 Å². The predicted molar refractivity (Wildman–Crippen MR) is 165 cm³/mol. The van der Waals surface area contributed by atoms with Crippen LogP contribution in [0, 0.1) is 34.6 Å². The first-order chi connectivity index (χ1) is 21.4. The molecule has 1 aliphatic rings. The molecule has 0 amide bonds. The zero-order valence-electron chi connectivity index (χ0n) is 24.1. The third-order valence-electron chi connectivity index (χ3n) is 7.44. The van der Waals surface area contributed by atoms with Gasteiger partial charge in [-0.1, -0.05) is 48.5 Å². The molecule has 4 aromatic carbocycles. The van der Waals surface area contributed by atoms with Crippen molar-refractivity contribution < 1.29 is 27.1 Å². The van der Waals surface area contributed by atoms with Crippen LogP contribution in [0.3, 0.4) is 0 Å². The smallest absolute Gasteiger partial charge is 0.159 e. The van der Waals surface area contributed by atoms with Crippen molar-refractivity contribution in [2.75, 3.05) is 6.61 Å². The van der Waals surface area contributed by atoms with E-state index >= 15 is 0 Å². The van der Waals surface area contributed by atoms with Gasteiger partial charge in [0.2, 0.25) is 0 Å². The molecule has 4 aromatic rings. The van der Waals surface area contributed by atoms with Crippen LogP contribution in [0.2, 0.25) is 0 Å². The van der Waals surface area contributed by atoms with Crippen molar-refractivity contribution >= 4 is 12.4 Å². The minimum absolute atomic E-state index is 0.241. The second-order valence-corrected chi connectivity index (χ2v) is 10.3. The van der Waals surface area contributed by atoms with Crippen LogP contribution in [0.1, 0.15) is 43.2 Å². The van der Waals surface area contributed by atoms with Crippen molar-refractivity contribution in [1.82, 2.24) is 0 Å². The summed E-state index contributed by atoms with van der Waals surface area (Å²) in [5.74, 6) is -1.97. The summed E-state index contributed by atoms with van der Waals surface area (Å²) >= 11 is 0. The highest BCUT2D eigenvalue weighted by Crippen LogP contribution is 2.32. The molecule has 0 saturated carbocycles. The van der Waals surface area contributed by atoms with E-state index in [1.165, 1.54) is 18.2 Å². The summed E-state index contributed by atoms with van der Waals surface area (Å²) in [6.45, 7) is 2.54. The van der Waals surface area contributed by atoms with E-state index in [-0.39, 0.29) is 11.4 Å². The number of aryl methyl sites for hydroxylation is 1. The van der Waals surface area contributed by atoms with Crippen molar-refractivity contribution in [2.24, 2.45) is 0 Å². The SMILES string of the molecule is C=O.N#CC1=CC=C(c2ccc(-c3ccc(OCCCCCc4ccc(-c5ccc(F)c(F)c5)c(F)c4)cc3)cc2F)CC1. The molecule has 1 aliphatic carbocycles. The fourth-order valence-electron chi connectivity index (χ4n) is 5.06. The van der Waals surface area contributed by atoms with E-state index in [2.05, 4.69) is 6.07 Å². The maximum absolute atomic E-state index is 14.9. The molecule has 44 heavy (non-hydrogen) atoms. The molecule has 0 unspecified atom stereocenters. The number of unbranched alkanes of at least 4 members (excludes halogenated alkanes) is 2. The molecule has 0 saturated heterocycles. The van der Waals surface area contributed by atoms with Gasteiger partial charge in [-0.25, -0.2) is 17.6 Å². The Bertz CT molecular complexity index is 1700. The van der Waals surface area contributed by atoms with Gasteiger partial charge in [0.25, 0.3) is 0 Å². The number of hydrogen-bond donors (Lipinski definition) is 0. The van der Waals surface area contributed by atoms with Crippen LogP contribution in [-0.4, -0.2) is 13.4 Å². The number of nitriles is 1. The molecule has 0 aromatic heterocycles. The maximum atomic E-state index is 14.9. The number of benzene rings is 4. The first-order valence-corrected chi connectivity index (χ1v) is 14.3. The summed E-state index contributed by atoms with van der Waals surface area (Å²) in [6, 6.07) is 23.2. The largest absolute Gasteiger partial charge is 0.494 e. The minimum atomic E-state index is -1.00. The number of allylic oxidation sites excluding steroid dienone is 4. The van der Waals surface area contributed by atoms with E-state index in [0.29, 0.717) is 42.6 Å². The molecule has 0 fully saturated rings. The number of halogens is 4. The van der Waals surface area contributed by atoms with Gasteiger partial charge >= 0.3 is 0 Å². The van der Waals surface area contributed by atoms with E-state index < -0.39 is 17.5 Å². The fraction of sp³-hybridized carbons (Fsp3) is 0.189. The predicted octanol–water partition coefficient (Wildman–Crippen LogP) is 9.81. The number of ether oxygens (including phenoxy) is 1. The Kier molecular flexibility index (Phi) is 11.3. The Morgan fingerprint density at radius 2 is 1.34 bits per heavy atom. The molecule has 0 spiro atoms. The fourth-order valence-corrected chi connectivity index (χ4v) is 5.06. The standard InChI is InChI=1S/C36H29F4NO.CH2O/c37-33-18-13-29(22-36(33)40)32-16-7-24(20-34(32)38)4-2-1-3-19-42-30-14-10-26(11-15-30)28-12-17-31(35(39)21-28)27-8-5-25(23-41)6-9-27;1-2/h5,7-8,10-18,20-22H,1-4,6,9,19H2;1H2. The number of hydrogen-bond acceptors (Lipinski definition) is 3. The molecule has 0 atom stereocenters. The van der Waals surface area contributed by atoms with E-state index in [0.717, 1.165) is 59.4 Å². The molecule has 224 valence electrons. The first kappa shape index (κ1) is 32.0.